The fraction of sp³-hybridized carbons (Fsp3) is 0.227. The van der Waals surface area contributed by atoms with Crippen LogP contribution in [0.25, 0.3) is 0 Å². The van der Waals surface area contributed by atoms with E-state index in [4.69, 9.17) is 9.15 Å². The van der Waals surface area contributed by atoms with Gasteiger partial charge in [-0.05, 0) is 62.4 Å². The molecule has 0 fully saturated rings. The molecule has 3 aromatic rings. The normalized spacial score (nSPS) is 11.1. The zero-order chi connectivity index (χ0) is 21.6. The van der Waals surface area contributed by atoms with Crippen LogP contribution in [0.3, 0.4) is 0 Å². The van der Waals surface area contributed by atoms with Crippen LogP contribution in [0.2, 0.25) is 0 Å². The van der Waals surface area contributed by atoms with Crippen LogP contribution in [-0.2, 0) is 21.4 Å². The SMILES string of the molecule is CCOc1ccc(N(CC(=O)NCc2ccco2)S(=O)(=O)c2ccc(C)cc2)cc1. The molecule has 1 amide bonds. The van der Waals surface area contributed by atoms with E-state index < -0.39 is 15.9 Å². The van der Waals surface area contributed by atoms with Crippen molar-refractivity contribution in [3.63, 3.8) is 0 Å². The number of benzene rings is 2. The summed E-state index contributed by atoms with van der Waals surface area (Å²) in [5, 5.41) is 2.69. The molecule has 0 aliphatic heterocycles. The summed E-state index contributed by atoms with van der Waals surface area (Å²) in [4.78, 5) is 12.7. The second-order valence-corrected chi connectivity index (χ2v) is 8.47. The summed E-state index contributed by atoms with van der Waals surface area (Å²) in [5.41, 5.74) is 1.31. The number of nitrogens with zero attached hydrogens (tertiary/aromatic N) is 1. The molecule has 30 heavy (non-hydrogen) atoms. The van der Waals surface area contributed by atoms with Crippen molar-refractivity contribution in [1.29, 1.82) is 0 Å². The number of rotatable bonds is 9. The Bertz CT molecular complexity index is 1060. The van der Waals surface area contributed by atoms with Gasteiger partial charge in [-0.2, -0.15) is 0 Å². The van der Waals surface area contributed by atoms with Crippen LogP contribution in [0.1, 0.15) is 18.2 Å². The molecule has 1 aromatic heterocycles. The Hall–Kier alpha value is -3.26. The van der Waals surface area contributed by atoms with Crippen LogP contribution < -0.4 is 14.4 Å². The molecule has 0 spiro atoms. The highest BCUT2D eigenvalue weighted by Gasteiger charge is 2.27. The Morgan fingerprint density at radius 2 is 1.77 bits per heavy atom. The monoisotopic (exact) mass is 428 g/mol. The van der Waals surface area contributed by atoms with Gasteiger partial charge in [0.05, 0.1) is 30.0 Å². The molecule has 1 heterocycles. The van der Waals surface area contributed by atoms with E-state index in [1.807, 2.05) is 13.8 Å². The van der Waals surface area contributed by atoms with E-state index in [0.717, 1.165) is 9.87 Å². The van der Waals surface area contributed by atoms with Crippen molar-refractivity contribution in [2.45, 2.75) is 25.3 Å². The third kappa shape index (κ3) is 5.21. The number of nitrogens with one attached hydrogen (secondary N) is 1. The van der Waals surface area contributed by atoms with E-state index in [-0.39, 0.29) is 18.0 Å². The molecule has 0 saturated carbocycles. The number of aryl methyl sites for hydroxylation is 1. The van der Waals surface area contributed by atoms with Crippen molar-refractivity contribution in [3.05, 3.63) is 78.3 Å². The average molecular weight is 429 g/mol. The smallest absolute Gasteiger partial charge is 0.264 e. The van der Waals surface area contributed by atoms with E-state index >= 15 is 0 Å². The largest absolute Gasteiger partial charge is 0.494 e. The highest BCUT2D eigenvalue weighted by Crippen LogP contribution is 2.26. The molecular formula is C22H24N2O5S. The van der Waals surface area contributed by atoms with Gasteiger partial charge in [-0.1, -0.05) is 17.7 Å². The average Bonchev–Trinajstić information content (AvgIpc) is 3.25. The Kier molecular flexibility index (Phi) is 6.79. The summed E-state index contributed by atoms with van der Waals surface area (Å²) in [6.07, 6.45) is 1.51. The highest BCUT2D eigenvalue weighted by molar-refractivity contribution is 7.92. The van der Waals surface area contributed by atoms with Gasteiger partial charge in [0.1, 0.15) is 18.1 Å². The zero-order valence-corrected chi connectivity index (χ0v) is 17.7. The minimum atomic E-state index is -3.95. The van der Waals surface area contributed by atoms with Gasteiger partial charge >= 0.3 is 0 Å². The highest BCUT2D eigenvalue weighted by atomic mass is 32.2. The first kappa shape index (κ1) is 21.4. The number of carbonyl (C=O) groups is 1. The lowest BCUT2D eigenvalue weighted by Gasteiger charge is -2.24. The fourth-order valence-corrected chi connectivity index (χ4v) is 4.23. The lowest BCUT2D eigenvalue weighted by atomic mass is 10.2. The minimum Gasteiger partial charge on any atom is -0.494 e. The van der Waals surface area contributed by atoms with Crippen molar-refractivity contribution in [3.8, 4) is 5.75 Å². The number of sulfonamides is 1. The summed E-state index contributed by atoms with van der Waals surface area (Å²) in [6, 6.07) is 16.6. The van der Waals surface area contributed by atoms with Crippen molar-refractivity contribution < 1.29 is 22.4 Å². The Morgan fingerprint density at radius 1 is 1.07 bits per heavy atom. The maximum atomic E-state index is 13.3. The molecule has 0 radical (unpaired) electrons. The van der Waals surface area contributed by atoms with Gasteiger partial charge in [-0.15, -0.1) is 0 Å². The molecule has 1 N–H and O–H groups in total. The van der Waals surface area contributed by atoms with Crippen molar-refractivity contribution >= 4 is 21.6 Å². The first-order valence-corrected chi connectivity index (χ1v) is 11.0. The maximum absolute atomic E-state index is 13.3. The third-order valence-corrected chi connectivity index (χ3v) is 6.16. The Balaban J connectivity index is 1.87. The Labute approximate surface area is 176 Å². The Morgan fingerprint density at radius 3 is 2.37 bits per heavy atom. The molecule has 0 aliphatic carbocycles. The summed E-state index contributed by atoms with van der Waals surface area (Å²) in [5.74, 6) is 0.754. The van der Waals surface area contributed by atoms with Crippen molar-refractivity contribution in [2.24, 2.45) is 0 Å². The lowest BCUT2D eigenvalue weighted by Crippen LogP contribution is -2.40. The van der Waals surface area contributed by atoms with E-state index in [0.29, 0.717) is 23.8 Å². The molecule has 8 heteroatoms. The summed E-state index contributed by atoms with van der Waals surface area (Å²) >= 11 is 0. The number of hydrogen-bond donors (Lipinski definition) is 1. The molecule has 0 bridgehead atoms. The molecule has 2 aromatic carbocycles. The van der Waals surface area contributed by atoms with Crippen LogP contribution in [0.5, 0.6) is 5.75 Å². The predicted octanol–water partition coefficient (Wildman–Crippen LogP) is 3.50. The van der Waals surface area contributed by atoms with Crippen LogP contribution in [0.15, 0.2) is 76.2 Å². The first-order chi connectivity index (χ1) is 14.4. The standard InChI is InChI=1S/C22H24N2O5S/c1-3-28-19-10-8-18(9-11-19)24(16-22(25)23-15-20-5-4-14-29-20)30(26,27)21-12-6-17(2)7-13-21/h4-14H,3,15-16H2,1-2H3,(H,23,25). The number of furan rings is 1. The van der Waals surface area contributed by atoms with Gasteiger partial charge in [0.25, 0.3) is 10.0 Å². The van der Waals surface area contributed by atoms with Gasteiger partial charge < -0.3 is 14.5 Å². The second-order valence-electron chi connectivity index (χ2n) is 6.61. The molecule has 7 nitrogen and oxygen atoms in total. The van der Waals surface area contributed by atoms with E-state index in [1.165, 1.54) is 18.4 Å². The number of carbonyl (C=O) groups excluding carboxylic acids is 1. The molecule has 0 saturated heterocycles. The van der Waals surface area contributed by atoms with Gasteiger partial charge in [0.2, 0.25) is 5.91 Å². The summed E-state index contributed by atoms with van der Waals surface area (Å²) < 4.78 is 38.4. The molecule has 158 valence electrons. The van der Waals surface area contributed by atoms with Gasteiger partial charge in [0.15, 0.2) is 0 Å². The van der Waals surface area contributed by atoms with Crippen LogP contribution >= 0.6 is 0 Å². The maximum Gasteiger partial charge on any atom is 0.264 e. The molecule has 0 aliphatic rings. The first-order valence-electron chi connectivity index (χ1n) is 9.51. The number of anilines is 1. The zero-order valence-electron chi connectivity index (χ0n) is 16.9. The fourth-order valence-electron chi connectivity index (χ4n) is 2.81. The lowest BCUT2D eigenvalue weighted by molar-refractivity contribution is -0.119. The van der Waals surface area contributed by atoms with Crippen LogP contribution in [0, 0.1) is 6.92 Å². The van der Waals surface area contributed by atoms with Crippen LogP contribution in [-0.4, -0.2) is 27.5 Å². The second kappa shape index (κ2) is 9.49. The molecule has 3 rings (SSSR count). The minimum absolute atomic E-state index is 0.112. The molecule has 0 atom stereocenters. The van der Waals surface area contributed by atoms with Crippen molar-refractivity contribution in [1.82, 2.24) is 5.32 Å². The number of ether oxygens (including phenoxy) is 1. The summed E-state index contributed by atoms with van der Waals surface area (Å²) in [7, 11) is -3.95. The van der Waals surface area contributed by atoms with Crippen molar-refractivity contribution in [2.75, 3.05) is 17.5 Å². The molecule has 0 unspecified atom stereocenters. The topological polar surface area (TPSA) is 88.8 Å². The van der Waals surface area contributed by atoms with Gasteiger partial charge in [-0.3, -0.25) is 9.10 Å². The van der Waals surface area contributed by atoms with E-state index in [9.17, 15) is 13.2 Å². The van der Waals surface area contributed by atoms with Gasteiger partial charge in [0, 0.05) is 0 Å². The molecular weight excluding hydrogens is 404 g/mol. The van der Waals surface area contributed by atoms with E-state index in [1.54, 1.807) is 48.5 Å². The quantitative estimate of drug-likeness (QED) is 0.564. The van der Waals surface area contributed by atoms with Gasteiger partial charge in [-0.25, -0.2) is 8.42 Å². The van der Waals surface area contributed by atoms with E-state index in [2.05, 4.69) is 5.32 Å². The van der Waals surface area contributed by atoms with Crippen LogP contribution in [0.4, 0.5) is 5.69 Å². The predicted molar refractivity (Wildman–Crippen MR) is 114 cm³/mol. The third-order valence-electron chi connectivity index (χ3n) is 4.37. The number of hydrogen-bond acceptors (Lipinski definition) is 5. The number of amides is 1. The summed E-state index contributed by atoms with van der Waals surface area (Å²) in [6.45, 7) is 4.05.